The van der Waals surface area contributed by atoms with Gasteiger partial charge in [0.2, 0.25) is 5.78 Å². The van der Waals surface area contributed by atoms with E-state index in [0.29, 0.717) is 22.3 Å². The largest absolute Gasteiger partial charge is 0.453 e. The average Bonchev–Trinajstić information content (AvgIpc) is 2.80. The summed E-state index contributed by atoms with van der Waals surface area (Å²) in [4.78, 5) is 12.7. The van der Waals surface area contributed by atoms with E-state index in [1.165, 1.54) is 0 Å². The Labute approximate surface area is 123 Å². The number of Topliss-reactive ketones (excluding diaryl/α,β-unsaturated/α-hetero) is 1. The molecular weight excluding hydrogens is 274 g/mol. The maximum atomic E-state index is 12.7. The smallest absolute Gasteiger partial charge is 0.217 e. The van der Waals surface area contributed by atoms with Crippen LogP contribution in [0.4, 0.5) is 0 Å². The van der Waals surface area contributed by atoms with Gasteiger partial charge in [-0.1, -0.05) is 31.4 Å². The summed E-state index contributed by atoms with van der Waals surface area (Å²) in [6, 6.07) is 7.07. The van der Waals surface area contributed by atoms with Crippen molar-refractivity contribution >= 4 is 28.4 Å². The van der Waals surface area contributed by atoms with E-state index < -0.39 is 5.54 Å². The van der Waals surface area contributed by atoms with Gasteiger partial charge in [-0.25, -0.2) is 0 Å². The third-order valence-corrected chi connectivity index (χ3v) is 4.42. The number of benzene rings is 1. The first-order chi connectivity index (χ1) is 9.48. The topological polar surface area (TPSA) is 56.2 Å². The highest BCUT2D eigenvalue weighted by Gasteiger charge is 2.39. The van der Waals surface area contributed by atoms with Crippen LogP contribution in [0.3, 0.4) is 0 Å². The standard InChI is InChI=1S/C16H18ClNO2/c1-10-3-2-6-16(18,9-10)15(19)14-8-11-7-12(17)4-5-13(11)20-14/h4-5,7-8,10H,2-3,6,9,18H2,1H3. The summed E-state index contributed by atoms with van der Waals surface area (Å²) in [6.07, 6.45) is 3.59. The van der Waals surface area contributed by atoms with Gasteiger partial charge in [-0.2, -0.15) is 0 Å². The Kier molecular flexibility index (Phi) is 3.35. The zero-order valence-electron chi connectivity index (χ0n) is 11.5. The summed E-state index contributed by atoms with van der Waals surface area (Å²) >= 11 is 5.95. The highest BCUT2D eigenvalue weighted by atomic mass is 35.5. The molecular formula is C16H18ClNO2. The van der Waals surface area contributed by atoms with Crippen molar-refractivity contribution in [1.29, 1.82) is 0 Å². The van der Waals surface area contributed by atoms with Gasteiger partial charge in [0.15, 0.2) is 5.76 Å². The van der Waals surface area contributed by atoms with Crippen LogP contribution in [0.1, 0.15) is 43.2 Å². The minimum Gasteiger partial charge on any atom is -0.453 e. The van der Waals surface area contributed by atoms with E-state index in [1.807, 2.05) is 0 Å². The van der Waals surface area contributed by atoms with Crippen molar-refractivity contribution in [2.45, 2.75) is 38.1 Å². The second-order valence-corrected chi connectivity index (χ2v) is 6.42. The Morgan fingerprint density at radius 3 is 3.00 bits per heavy atom. The van der Waals surface area contributed by atoms with E-state index in [1.54, 1.807) is 24.3 Å². The molecule has 2 N–H and O–H groups in total. The number of ketones is 1. The van der Waals surface area contributed by atoms with Crippen molar-refractivity contribution in [1.82, 2.24) is 0 Å². The van der Waals surface area contributed by atoms with Crippen LogP contribution in [-0.2, 0) is 0 Å². The average molecular weight is 292 g/mol. The SMILES string of the molecule is CC1CCCC(N)(C(=O)c2cc3cc(Cl)ccc3o2)C1. The number of hydrogen-bond acceptors (Lipinski definition) is 3. The molecule has 0 amide bonds. The Hall–Kier alpha value is -1.32. The molecule has 1 saturated carbocycles. The minimum absolute atomic E-state index is 0.0867. The van der Waals surface area contributed by atoms with Gasteiger partial charge in [-0.15, -0.1) is 0 Å². The molecule has 3 rings (SSSR count). The second-order valence-electron chi connectivity index (χ2n) is 5.98. The Morgan fingerprint density at radius 1 is 1.45 bits per heavy atom. The number of nitrogens with two attached hydrogens (primary N) is 1. The molecule has 2 unspecified atom stereocenters. The Balaban J connectivity index is 1.95. The number of halogens is 1. The van der Waals surface area contributed by atoms with Gasteiger partial charge < -0.3 is 10.2 Å². The molecule has 1 aliphatic rings. The maximum Gasteiger partial charge on any atom is 0.217 e. The highest BCUT2D eigenvalue weighted by Crippen LogP contribution is 2.34. The lowest BCUT2D eigenvalue weighted by molar-refractivity contribution is 0.0792. The first-order valence-corrected chi connectivity index (χ1v) is 7.38. The van der Waals surface area contributed by atoms with Crippen LogP contribution in [0.15, 0.2) is 28.7 Å². The van der Waals surface area contributed by atoms with Crippen molar-refractivity contribution in [2.24, 2.45) is 11.7 Å². The molecule has 0 saturated heterocycles. The zero-order valence-corrected chi connectivity index (χ0v) is 12.2. The van der Waals surface area contributed by atoms with Gasteiger partial charge in [0.1, 0.15) is 5.58 Å². The molecule has 2 atom stereocenters. The van der Waals surface area contributed by atoms with Gasteiger partial charge in [-0.05, 0) is 43.0 Å². The fraction of sp³-hybridized carbons (Fsp3) is 0.438. The van der Waals surface area contributed by atoms with Gasteiger partial charge in [0.05, 0.1) is 5.54 Å². The molecule has 1 heterocycles. The van der Waals surface area contributed by atoms with E-state index in [-0.39, 0.29) is 5.78 Å². The molecule has 20 heavy (non-hydrogen) atoms. The molecule has 4 heteroatoms. The number of hydrogen-bond donors (Lipinski definition) is 1. The predicted octanol–water partition coefficient (Wildman–Crippen LogP) is 4.18. The molecule has 3 nitrogen and oxygen atoms in total. The summed E-state index contributed by atoms with van der Waals surface area (Å²) in [5.74, 6) is 0.742. The molecule has 0 aliphatic heterocycles. The number of carbonyl (C=O) groups is 1. The summed E-state index contributed by atoms with van der Waals surface area (Å²) in [5.41, 5.74) is 6.23. The highest BCUT2D eigenvalue weighted by molar-refractivity contribution is 6.31. The van der Waals surface area contributed by atoms with Crippen molar-refractivity contribution < 1.29 is 9.21 Å². The minimum atomic E-state index is -0.782. The number of carbonyl (C=O) groups excluding carboxylic acids is 1. The number of rotatable bonds is 2. The molecule has 1 aliphatic carbocycles. The van der Waals surface area contributed by atoms with Crippen molar-refractivity contribution in [3.05, 3.63) is 35.0 Å². The lowest BCUT2D eigenvalue weighted by Crippen LogP contribution is -2.50. The zero-order chi connectivity index (χ0) is 14.3. The van der Waals surface area contributed by atoms with E-state index in [9.17, 15) is 4.79 Å². The van der Waals surface area contributed by atoms with Crippen LogP contribution < -0.4 is 5.73 Å². The van der Waals surface area contributed by atoms with Gasteiger partial charge in [-0.3, -0.25) is 4.79 Å². The third-order valence-electron chi connectivity index (χ3n) is 4.19. The molecule has 0 bridgehead atoms. The Morgan fingerprint density at radius 2 is 2.25 bits per heavy atom. The van der Waals surface area contributed by atoms with Crippen LogP contribution >= 0.6 is 11.6 Å². The number of furan rings is 1. The van der Waals surface area contributed by atoms with Crippen molar-refractivity contribution in [3.8, 4) is 0 Å². The molecule has 106 valence electrons. The van der Waals surface area contributed by atoms with Crippen LogP contribution in [0.2, 0.25) is 5.02 Å². The quantitative estimate of drug-likeness (QED) is 0.845. The van der Waals surface area contributed by atoms with E-state index in [2.05, 4.69) is 6.92 Å². The van der Waals surface area contributed by atoms with Crippen LogP contribution in [0.5, 0.6) is 0 Å². The summed E-state index contributed by atoms with van der Waals surface area (Å²) in [5, 5.41) is 1.47. The van der Waals surface area contributed by atoms with Crippen LogP contribution in [0.25, 0.3) is 11.0 Å². The van der Waals surface area contributed by atoms with Gasteiger partial charge in [0.25, 0.3) is 0 Å². The molecule has 0 spiro atoms. The normalized spacial score (nSPS) is 26.9. The van der Waals surface area contributed by atoms with Crippen LogP contribution in [0, 0.1) is 5.92 Å². The Bertz CT molecular complexity index is 664. The number of fused-ring (bicyclic) bond motifs is 1. The van der Waals surface area contributed by atoms with Crippen molar-refractivity contribution in [2.75, 3.05) is 0 Å². The molecule has 1 aromatic carbocycles. The lowest BCUT2D eigenvalue weighted by atomic mass is 9.74. The van der Waals surface area contributed by atoms with Gasteiger partial charge in [0, 0.05) is 10.4 Å². The predicted molar refractivity (Wildman–Crippen MR) is 80.1 cm³/mol. The lowest BCUT2D eigenvalue weighted by Gasteiger charge is -2.34. The fourth-order valence-electron chi connectivity index (χ4n) is 3.17. The molecule has 0 radical (unpaired) electrons. The summed E-state index contributed by atoms with van der Waals surface area (Å²) < 4.78 is 5.65. The third kappa shape index (κ3) is 2.36. The summed E-state index contributed by atoms with van der Waals surface area (Å²) in [7, 11) is 0. The van der Waals surface area contributed by atoms with Crippen molar-refractivity contribution in [3.63, 3.8) is 0 Å². The van der Waals surface area contributed by atoms with E-state index in [4.69, 9.17) is 21.8 Å². The van der Waals surface area contributed by atoms with E-state index >= 15 is 0 Å². The molecule has 1 aromatic heterocycles. The monoisotopic (exact) mass is 291 g/mol. The first kappa shape index (κ1) is 13.7. The van der Waals surface area contributed by atoms with Gasteiger partial charge >= 0.3 is 0 Å². The first-order valence-electron chi connectivity index (χ1n) is 7.01. The van der Waals surface area contributed by atoms with E-state index in [0.717, 1.165) is 31.1 Å². The fourth-order valence-corrected chi connectivity index (χ4v) is 3.35. The summed E-state index contributed by atoms with van der Waals surface area (Å²) in [6.45, 7) is 2.15. The molecule has 1 fully saturated rings. The van der Waals surface area contributed by atoms with Crippen LogP contribution in [-0.4, -0.2) is 11.3 Å². The maximum absolute atomic E-state index is 12.7. The molecule has 2 aromatic rings. The second kappa shape index (κ2) is 4.90.